The molecule has 3 heterocycles. The summed E-state index contributed by atoms with van der Waals surface area (Å²) in [4.78, 5) is 24.7. The number of piperazine rings is 1. The molecule has 0 bridgehead atoms. The molecule has 184 valence electrons. The predicted molar refractivity (Wildman–Crippen MR) is 134 cm³/mol. The molecule has 1 atom stereocenters. The van der Waals surface area contributed by atoms with Crippen molar-refractivity contribution < 1.29 is 13.2 Å². The average molecular weight is 486 g/mol. The fourth-order valence-corrected chi connectivity index (χ4v) is 6.05. The molecule has 2 aliphatic rings. The topological polar surface area (TPSA) is 85.8 Å². The molecule has 1 unspecified atom stereocenters. The maximum Gasteiger partial charge on any atom is 0.253 e. The number of amides is 1. The van der Waals surface area contributed by atoms with Gasteiger partial charge in [0.15, 0.2) is 0 Å². The third-order valence-corrected chi connectivity index (χ3v) is 8.63. The smallest absolute Gasteiger partial charge is 0.253 e. The van der Waals surface area contributed by atoms with Crippen molar-refractivity contribution in [3.8, 4) is 0 Å². The first-order chi connectivity index (χ1) is 16.3. The van der Waals surface area contributed by atoms with Gasteiger partial charge >= 0.3 is 0 Å². The van der Waals surface area contributed by atoms with Gasteiger partial charge < -0.3 is 9.80 Å². The molecule has 2 fully saturated rings. The summed E-state index contributed by atoms with van der Waals surface area (Å²) in [6.07, 6.45) is 3.91. The number of piperidine rings is 1. The Bertz CT molecular complexity index is 1110. The van der Waals surface area contributed by atoms with Crippen molar-refractivity contribution in [2.24, 2.45) is 5.92 Å². The van der Waals surface area contributed by atoms with Crippen molar-refractivity contribution in [2.45, 2.75) is 31.6 Å². The number of carbonyl (C=O) groups is 1. The first-order valence-electron chi connectivity index (χ1n) is 12.0. The van der Waals surface area contributed by atoms with Crippen LogP contribution >= 0.6 is 0 Å². The zero-order valence-electron chi connectivity index (χ0n) is 20.3. The fraction of sp³-hybridized carbons (Fsp3) is 0.520. The second-order valence-electron chi connectivity index (χ2n) is 9.36. The highest BCUT2D eigenvalue weighted by Gasteiger charge is 2.28. The highest BCUT2D eigenvalue weighted by atomic mass is 32.2. The molecule has 34 heavy (non-hydrogen) atoms. The van der Waals surface area contributed by atoms with Crippen molar-refractivity contribution in [3.05, 3.63) is 53.2 Å². The lowest BCUT2D eigenvalue weighted by Crippen LogP contribution is -2.50. The number of hydrogen-bond acceptors (Lipinski definition) is 6. The van der Waals surface area contributed by atoms with Crippen LogP contribution in [0.3, 0.4) is 0 Å². The summed E-state index contributed by atoms with van der Waals surface area (Å²) in [5.41, 5.74) is 1.92. The largest absolute Gasteiger partial charge is 0.354 e. The molecular weight excluding hydrogens is 450 g/mol. The zero-order valence-corrected chi connectivity index (χ0v) is 21.1. The van der Waals surface area contributed by atoms with E-state index < -0.39 is 10.0 Å². The summed E-state index contributed by atoms with van der Waals surface area (Å²) in [5.74, 6) is 1.37. The number of nitrogens with zero attached hydrogens (tertiary/aromatic N) is 4. The Balaban J connectivity index is 1.38. The van der Waals surface area contributed by atoms with Gasteiger partial charge in [0.2, 0.25) is 10.0 Å². The molecule has 0 saturated carbocycles. The van der Waals surface area contributed by atoms with Crippen LogP contribution in [0.2, 0.25) is 0 Å². The second-order valence-corrected chi connectivity index (χ2v) is 11.2. The number of anilines is 1. The monoisotopic (exact) mass is 485 g/mol. The van der Waals surface area contributed by atoms with Crippen molar-refractivity contribution in [2.75, 3.05) is 57.8 Å². The Morgan fingerprint density at radius 3 is 2.56 bits per heavy atom. The summed E-state index contributed by atoms with van der Waals surface area (Å²) >= 11 is 0. The molecule has 1 amide bonds. The minimum atomic E-state index is -3.63. The number of hydrogen-bond donors (Lipinski definition) is 1. The molecule has 9 heteroatoms. The number of likely N-dealkylation sites (tertiary alicyclic amines) is 1. The number of aromatic nitrogens is 1. The molecule has 8 nitrogen and oxygen atoms in total. The van der Waals surface area contributed by atoms with E-state index in [2.05, 4.69) is 25.6 Å². The SMILES string of the molecule is CNS(=O)(=O)c1cc(C(=O)N2CCCC(CN3CCN(c4ccccn4)CC3)C2)cc(C)c1C. The van der Waals surface area contributed by atoms with Crippen LogP contribution in [0.25, 0.3) is 0 Å². The minimum Gasteiger partial charge on any atom is -0.354 e. The summed E-state index contributed by atoms with van der Waals surface area (Å²) in [6, 6.07) is 9.35. The third kappa shape index (κ3) is 5.42. The van der Waals surface area contributed by atoms with Gasteiger partial charge in [-0.05, 0) is 75.0 Å². The highest BCUT2D eigenvalue weighted by molar-refractivity contribution is 7.89. The number of nitrogens with one attached hydrogen (secondary N) is 1. The van der Waals surface area contributed by atoms with E-state index in [0.29, 0.717) is 30.1 Å². The number of sulfonamides is 1. The molecule has 4 rings (SSSR count). The number of benzene rings is 1. The van der Waals surface area contributed by atoms with Crippen LogP contribution < -0.4 is 9.62 Å². The lowest BCUT2D eigenvalue weighted by Gasteiger charge is -2.39. The molecule has 1 aromatic heterocycles. The standard InChI is InChI=1S/C25H35N5O3S/c1-19-15-22(16-23(20(19)2)34(32,33)26-3)25(31)30-10-6-7-21(18-30)17-28-11-13-29(14-12-28)24-8-4-5-9-27-24/h4-5,8-9,15-16,21,26H,6-7,10-14,17-18H2,1-3H3. The average Bonchev–Trinajstić information content (AvgIpc) is 2.86. The van der Waals surface area contributed by atoms with Crippen molar-refractivity contribution >= 4 is 21.7 Å². The molecular formula is C25H35N5O3S. The first-order valence-corrected chi connectivity index (χ1v) is 13.5. The molecule has 0 spiro atoms. The quantitative estimate of drug-likeness (QED) is 0.676. The van der Waals surface area contributed by atoms with Gasteiger partial charge in [-0.1, -0.05) is 6.07 Å². The fourth-order valence-electron chi connectivity index (χ4n) is 4.99. The lowest BCUT2D eigenvalue weighted by atomic mass is 9.96. The van der Waals surface area contributed by atoms with E-state index in [-0.39, 0.29) is 10.8 Å². The molecule has 0 radical (unpaired) electrons. The van der Waals surface area contributed by atoms with Crippen LogP contribution in [-0.2, 0) is 10.0 Å². The Morgan fingerprint density at radius 2 is 1.88 bits per heavy atom. The van der Waals surface area contributed by atoms with Gasteiger partial charge in [-0.25, -0.2) is 18.1 Å². The van der Waals surface area contributed by atoms with Crippen LogP contribution in [0.1, 0.15) is 34.3 Å². The Morgan fingerprint density at radius 1 is 1.12 bits per heavy atom. The molecule has 1 aromatic carbocycles. The van der Waals surface area contributed by atoms with Gasteiger partial charge in [0, 0.05) is 57.6 Å². The van der Waals surface area contributed by atoms with Crippen LogP contribution in [-0.4, -0.2) is 82.0 Å². The summed E-state index contributed by atoms with van der Waals surface area (Å²) in [5, 5.41) is 0. The third-order valence-electron chi connectivity index (χ3n) is 7.09. The summed E-state index contributed by atoms with van der Waals surface area (Å²) in [7, 11) is -2.24. The molecule has 2 aromatic rings. The van der Waals surface area contributed by atoms with Crippen molar-refractivity contribution in [1.29, 1.82) is 0 Å². The van der Waals surface area contributed by atoms with Crippen LogP contribution in [0, 0.1) is 19.8 Å². The normalized spacial score (nSPS) is 19.9. The molecule has 1 N–H and O–H groups in total. The van der Waals surface area contributed by atoms with Crippen LogP contribution in [0.15, 0.2) is 41.4 Å². The number of rotatable bonds is 6. The van der Waals surface area contributed by atoms with E-state index >= 15 is 0 Å². The van der Waals surface area contributed by atoms with E-state index in [0.717, 1.165) is 56.9 Å². The maximum atomic E-state index is 13.4. The molecule has 2 aliphatic heterocycles. The Labute approximate surface area is 203 Å². The van der Waals surface area contributed by atoms with Gasteiger partial charge in [-0.15, -0.1) is 0 Å². The number of pyridine rings is 1. The highest BCUT2D eigenvalue weighted by Crippen LogP contribution is 2.25. The van der Waals surface area contributed by atoms with Crippen LogP contribution in [0.4, 0.5) is 5.82 Å². The van der Waals surface area contributed by atoms with Crippen molar-refractivity contribution in [3.63, 3.8) is 0 Å². The minimum absolute atomic E-state index is 0.0830. The zero-order chi connectivity index (χ0) is 24.3. The van der Waals surface area contributed by atoms with E-state index in [1.54, 1.807) is 6.92 Å². The Kier molecular flexibility index (Phi) is 7.54. The van der Waals surface area contributed by atoms with E-state index in [4.69, 9.17) is 0 Å². The van der Waals surface area contributed by atoms with Gasteiger partial charge in [-0.2, -0.15) is 0 Å². The summed E-state index contributed by atoms with van der Waals surface area (Å²) in [6.45, 7) is 9.92. The van der Waals surface area contributed by atoms with E-state index in [9.17, 15) is 13.2 Å². The Hall–Kier alpha value is -2.49. The van der Waals surface area contributed by atoms with Gasteiger partial charge in [0.25, 0.3) is 5.91 Å². The van der Waals surface area contributed by atoms with Crippen LogP contribution in [0.5, 0.6) is 0 Å². The first kappa shape index (κ1) is 24.6. The van der Waals surface area contributed by atoms with Gasteiger partial charge in [0.1, 0.15) is 5.82 Å². The number of aryl methyl sites for hydroxylation is 1. The van der Waals surface area contributed by atoms with E-state index in [1.807, 2.05) is 36.2 Å². The van der Waals surface area contributed by atoms with Gasteiger partial charge in [0.05, 0.1) is 4.90 Å². The lowest BCUT2D eigenvalue weighted by molar-refractivity contribution is 0.0637. The molecule has 0 aliphatic carbocycles. The van der Waals surface area contributed by atoms with Gasteiger partial charge in [-0.3, -0.25) is 9.69 Å². The summed E-state index contributed by atoms with van der Waals surface area (Å²) < 4.78 is 27.3. The second kappa shape index (κ2) is 10.4. The van der Waals surface area contributed by atoms with E-state index in [1.165, 1.54) is 13.1 Å². The predicted octanol–water partition coefficient (Wildman–Crippen LogP) is 2.28. The number of carbonyl (C=O) groups excluding carboxylic acids is 1. The maximum absolute atomic E-state index is 13.4. The van der Waals surface area contributed by atoms with Crippen molar-refractivity contribution in [1.82, 2.24) is 19.5 Å². The molecule has 2 saturated heterocycles.